The van der Waals surface area contributed by atoms with Crippen molar-refractivity contribution in [3.05, 3.63) is 75.8 Å². The van der Waals surface area contributed by atoms with Gasteiger partial charge in [-0.1, -0.05) is 23.2 Å². The zero-order valence-corrected chi connectivity index (χ0v) is 21.3. The van der Waals surface area contributed by atoms with E-state index >= 15 is 0 Å². The molecule has 1 amide bonds. The minimum Gasteiger partial charge on any atom is -0.378 e. The summed E-state index contributed by atoms with van der Waals surface area (Å²) < 4.78 is 7.15. The first-order valence-corrected chi connectivity index (χ1v) is 12.6. The normalized spacial score (nSPS) is 13.5. The molecule has 5 rings (SSSR count). The maximum Gasteiger partial charge on any atom is 0.274 e. The summed E-state index contributed by atoms with van der Waals surface area (Å²) in [5, 5.41) is 13.3. The number of ether oxygens (including phenoxy) is 1. The molecule has 0 saturated carbocycles. The fourth-order valence-corrected chi connectivity index (χ4v) is 4.59. The average Bonchev–Trinajstić information content (AvgIpc) is 3.36. The predicted molar refractivity (Wildman–Crippen MR) is 141 cm³/mol. The molecule has 188 valence electrons. The van der Waals surface area contributed by atoms with Gasteiger partial charge in [0.1, 0.15) is 17.4 Å². The molecule has 0 spiro atoms. The first-order chi connectivity index (χ1) is 18.0. The smallest absolute Gasteiger partial charge is 0.274 e. The van der Waals surface area contributed by atoms with Crippen LogP contribution in [-0.2, 0) is 11.2 Å². The lowest BCUT2D eigenvalue weighted by atomic mass is 10.1. The maximum atomic E-state index is 13.1. The number of imidazole rings is 1. The molecular formula is C26H23Cl2N7O2. The lowest BCUT2D eigenvalue weighted by Gasteiger charge is -2.25. The van der Waals surface area contributed by atoms with E-state index in [0.717, 1.165) is 18.5 Å². The molecule has 1 N–H and O–H groups in total. The number of amides is 1. The number of pyridine rings is 1. The van der Waals surface area contributed by atoms with Gasteiger partial charge in [-0.3, -0.25) is 14.2 Å². The fraction of sp³-hybridized carbons (Fsp3) is 0.269. The Kier molecular flexibility index (Phi) is 7.51. The van der Waals surface area contributed by atoms with Crippen molar-refractivity contribution in [2.75, 3.05) is 38.2 Å². The molecule has 0 atom stereocenters. The summed E-state index contributed by atoms with van der Waals surface area (Å²) >= 11 is 12.6. The van der Waals surface area contributed by atoms with Crippen molar-refractivity contribution in [2.24, 2.45) is 0 Å². The van der Waals surface area contributed by atoms with E-state index in [0.29, 0.717) is 77.0 Å². The number of rotatable bonds is 7. The first-order valence-electron chi connectivity index (χ1n) is 11.8. The molecule has 1 saturated heterocycles. The van der Waals surface area contributed by atoms with Gasteiger partial charge in [-0.25, -0.2) is 9.97 Å². The van der Waals surface area contributed by atoms with Crippen molar-refractivity contribution in [1.29, 1.82) is 5.26 Å². The molecule has 1 aliphatic rings. The van der Waals surface area contributed by atoms with Crippen molar-refractivity contribution in [3.63, 3.8) is 0 Å². The Hall–Kier alpha value is -3.71. The van der Waals surface area contributed by atoms with Crippen LogP contribution in [-0.4, -0.2) is 63.0 Å². The maximum absolute atomic E-state index is 13.1. The van der Waals surface area contributed by atoms with Crippen molar-refractivity contribution in [3.8, 4) is 17.3 Å². The Labute approximate surface area is 223 Å². The van der Waals surface area contributed by atoms with Crippen LogP contribution < -0.4 is 5.32 Å². The van der Waals surface area contributed by atoms with Crippen molar-refractivity contribution in [2.45, 2.75) is 12.8 Å². The Morgan fingerprint density at radius 1 is 1.14 bits per heavy atom. The summed E-state index contributed by atoms with van der Waals surface area (Å²) in [6.45, 7) is 2.70. The van der Waals surface area contributed by atoms with Gasteiger partial charge in [0.2, 0.25) is 5.95 Å². The third kappa shape index (κ3) is 5.67. The van der Waals surface area contributed by atoms with E-state index in [1.807, 2.05) is 12.1 Å². The zero-order chi connectivity index (χ0) is 25.8. The number of nitriles is 1. The molecule has 0 unspecified atom stereocenters. The number of nitrogens with one attached hydrogen (secondary N) is 1. The van der Waals surface area contributed by atoms with Gasteiger partial charge in [0.25, 0.3) is 5.91 Å². The summed E-state index contributed by atoms with van der Waals surface area (Å²) in [6.07, 6.45) is 4.79. The molecule has 1 aliphatic heterocycles. The second kappa shape index (κ2) is 11.1. The van der Waals surface area contributed by atoms with Crippen LogP contribution >= 0.6 is 23.2 Å². The highest BCUT2D eigenvalue weighted by atomic mass is 35.5. The molecule has 1 aromatic carbocycles. The van der Waals surface area contributed by atoms with Crippen LogP contribution in [0.3, 0.4) is 0 Å². The highest BCUT2D eigenvalue weighted by Gasteiger charge is 2.22. The summed E-state index contributed by atoms with van der Waals surface area (Å²) in [5.74, 6) is 0.399. The van der Waals surface area contributed by atoms with Gasteiger partial charge in [-0.15, -0.1) is 0 Å². The minimum absolute atomic E-state index is 0.143. The zero-order valence-electron chi connectivity index (χ0n) is 19.8. The number of aryl methyl sites for hydroxylation is 1. The van der Waals surface area contributed by atoms with Crippen LogP contribution in [0.5, 0.6) is 0 Å². The van der Waals surface area contributed by atoms with Gasteiger partial charge in [-0.2, -0.15) is 5.26 Å². The molecule has 4 aromatic rings. The lowest BCUT2D eigenvalue weighted by molar-refractivity contribution is 0.0299. The third-order valence-corrected chi connectivity index (χ3v) is 6.57. The van der Waals surface area contributed by atoms with E-state index in [9.17, 15) is 4.79 Å². The van der Waals surface area contributed by atoms with Crippen molar-refractivity contribution < 1.29 is 9.53 Å². The van der Waals surface area contributed by atoms with E-state index in [1.165, 1.54) is 0 Å². The van der Waals surface area contributed by atoms with Crippen molar-refractivity contribution in [1.82, 2.24) is 24.3 Å². The van der Waals surface area contributed by atoms with E-state index in [1.54, 1.807) is 46.0 Å². The third-order valence-electron chi connectivity index (χ3n) is 6.02. The van der Waals surface area contributed by atoms with Gasteiger partial charge in [0, 0.05) is 54.4 Å². The second-order valence-corrected chi connectivity index (χ2v) is 9.37. The SMILES string of the molecule is N#Cc1ccc(CCCNc2nc(-c3ccc(Cl)cc3Cl)cc3nc(C(=O)N4CCOCC4)cn23)nc1. The molecule has 3 aromatic heterocycles. The second-order valence-electron chi connectivity index (χ2n) is 8.53. The van der Waals surface area contributed by atoms with Crippen LogP contribution in [0.4, 0.5) is 5.95 Å². The number of hydrogen-bond donors (Lipinski definition) is 1. The number of nitrogens with zero attached hydrogens (tertiary/aromatic N) is 6. The summed E-state index contributed by atoms with van der Waals surface area (Å²) in [5.41, 5.74) is 3.68. The summed E-state index contributed by atoms with van der Waals surface area (Å²) in [6, 6.07) is 12.7. The number of aromatic nitrogens is 4. The van der Waals surface area contributed by atoms with Crippen LogP contribution in [0.25, 0.3) is 16.9 Å². The molecule has 0 radical (unpaired) electrons. The Balaban J connectivity index is 1.42. The van der Waals surface area contributed by atoms with Gasteiger partial charge in [-0.05, 0) is 43.2 Å². The minimum atomic E-state index is -0.143. The molecule has 9 nitrogen and oxygen atoms in total. The first kappa shape index (κ1) is 25.0. The van der Waals surface area contributed by atoms with Gasteiger partial charge >= 0.3 is 0 Å². The van der Waals surface area contributed by atoms with E-state index in [-0.39, 0.29) is 5.91 Å². The number of halogens is 2. The number of anilines is 1. The number of hydrogen-bond acceptors (Lipinski definition) is 7. The Morgan fingerprint density at radius 2 is 1.97 bits per heavy atom. The molecule has 11 heteroatoms. The van der Waals surface area contributed by atoms with E-state index in [4.69, 9.17) is 38.2 Å². The highest BCUT2D eigenvalue weighted by Crippen LogP contribution is 2.31. The molecule has 1 fully saturated rings. The van der Waals surface area contributed by atoms with Crippen LogP contribution in [0, 0.1) is 11.3 Å². The number of morpholine rings is 1. The topological polar surface area (TPSA) is 108 Å². The molecule has 4 heterocycles. The standard InChI is InChI=1S/C26H23Cl2N7O2/c27-18-4-6-20(21(28)12-18)22-13-24-32-23(25(36)34-8-10-37-11-9-34)16-35(24)26(33-22)30-7-1-2-19-5-3-17(14-29)15-31-19/h3-6,12-13,15-16H,1-2,7-11H2,(H,30,33). The predicted octanol–water partition coefficient (Wildman–Crippen LogP) is 4.49. The average molecular weight is 536 g/mol. The van der Waals surface area contributed by atoms with Gasteiger partial charge in [0.05, 0.1) is 29.5 Å². The number of fused-ring (bicyclic) bond motifs is 1. The number of carbonyl (C=O) groups excluding carboxylic acids is 1. The van der Waals surface area contributed by atoms with Crippen LogP contribution in [0.2, 0.25) is 10.0 Å². The van der Waals surface area contributed by atoms with E-state index < -0.39 is 0 Å². The fourth-order valence-electron chi connectivity index (χ4n) is 4.09. The quantitative estimate of drug-likeness (QED) is 0.347. The van der Waals surface area contributed by atoms with Crippen LogP contribution in [0.15, 0.2) is 48.8 Å². The van der Waals surface area contributed by atoms with Gasteiger partial charge in [0.15, 0.2) is 0 Å². The monoisotopic (exact) mass is 535 g/mol. The van der Waals surface area contributed by atoms with E-state index in [2.05, 4.69) is 21.4 Å². The largest absolute Gasteiger partial charge is 0.378 e. The summed E-state index contributed by atoms with van der Waals surface area (Å²) in [7, 11) is 0. The number of benzene rings is 1. The Morgan fingerprint density at radius 3 is 2.70 bits per heavy atom. The number of carbonyl (C=O) groups is 1. The highest BCUT2D eigenvalue weighted by molar-refractivity contribution is 6.36. The lowest BCUT2D eigenvalue weighted by Crippen LogP contribution is -2.40. The molecule has 37 heavy (non-hydrogen) atoms. The molecule has 0 aliphatic carbocycles. The van der Waals surface area contributed by atoms with Crippen LogP contribution in [0.1, 0.15) is 28.2 Å². The van der Waals surface area contributed by atoms with Gasteiger partial charge < -0.3 is 15.0 Å². The summed E-state index contributed by atoms with van der Waals surface area (Å²) in [4.78, 5) is 28.6. The van der Waals surface area contributed by atoms with Crippen molar-refractivity contribution >= 4 is 40.7 Å². The molecule has 0 bridgehead atoms. The Bertz CT molecular complexity index is 1480. The molecular weight excluding hydrogens is 513 g/mol.